The molecule has 9 heteroatoms. The highest BCUT2D eigenvalue weighted by Crippen LogP contribution is 2.42. The van der Waals surface area contributed by atoms with Crippen molar-refractivity contribution in [1.82, 2.24) is 9.78 Å². The van der Waals surface area contributed by atoms with Gasteiger partial charge in [-0.1, -0.05) is 18.2 Å². The van der Waals surface area contributed by atoms with Crippen LogP contribution in [-0.4, -0.2) is 21.6 Å². The van der Waals surface area contributed by atoms with Crippen LogP contribution in [0.4, 0.5) is 11.6 Å². The van der Waals surface area contributed by atoms with Gasteiger partial charge in [-0.15, -0.1) is 11.3 Å². The predicted octanol–water partition coefficient (Wildman–Crippen LogP) is 3.31. The average Bonchev–Trinajstić information content (AvgIpc) is 3.36. The molecule has 1 aromatic carbocycles. The zero-order valence-electron chi connectivity index (χ0n) is 15.8. The number of hydrogen-bond acceptors (Lipinski definition) is 6. The van der Waals surface area contributed by atoms with Crippen molar-refractivity contribution >= 4 is 45.8 Å². The van der Waals surface area contributed by atoms with Crippen molar-refractivity contribution < 1.29 is 14.0 Å². The number of para-hydroxylation sites is 1. The third kappa shape index (κ3) is 3.00. The third-order valence-electron chi connectivity index (χ3n) is 5.06. The first-order chi connectivity index (χ1) is 14.5. The summed E-state index contributed by atoms with van der Waals surface area (Å²) in [5.74, 6) is -0.151. The molecule has 3 aromatic heterocycles. The Morgan fingerprint density at radius 3 is 2.90 bits per heavy atom. The first-order valence-electron chi connectivity index (χ1n) is 9.25. The standard InChI is InChI=1S/C21H16N4O4S/c1-25-20-18(12(9-17(27)22-20)16-7-4-8-30-16)19(24-25)23-21(28)15-10-13(26)11-5-2-3-6-14(11)29-15/h2-8,10,12H,9H2,1H3,(H,22,27)(H,23,24,28)/t12-/m1/s1. The maximum atomic E-state index is 12.9. The fourth-order valence-corrected chi connectivity index (χ4v) is 4.54. The molecule has 0 saturated carbocycles. The van der Waals surface area contributed by atoms with Crippen molar-refractivity contribution in [3.63, 3.8) is 0 Å². The highest BCUT2D eigenvalue weighted by molar-refractivity contribution is 7.10. The molecule has 1 aliphatic rings. The quantitative estimate of drug-likeness (QED) is 0.529. The van der Waals surface area contributed by atoms with Gasteiger partial charge in [0.05, 0.1) is 5.39 Å². The maximum absolute atomic E-state index is 12.9. The van der Waals surface area contributed by atoms with Gasteiger partial charge >= 0.3 is 0 Å². The predicted molar refractivity (Wildman–Crippen MR) is 113 cm³/mol. The monoisotopic (exact) mass is 420 g/mol. The van der Waals surface area contributed by atoms with Gasteiger partial charge in [0, 0.05) is 35.9 Å². The number of hydrogen-bond donors (Lipinski definition) is 2. The van der Waals surface area contributed by atoms with Gasteiger partial charge in [-0.3, -0.25) is 19.1 Å². The lowest BCUT2D eigenvalue weighted by Crippen LogP contribution is -2.25. The molecule has 8 nitrogen and oxygen atoms in total. The van der Waals surface area contributed by atoms with Crippen LogP contribution in [0.2, 0.25) is 0 Å². The Morgan fingerprint density at radius 1 is 1.27 bits per heavy atom. The van der Waals surface area contributed by atoms with Crippen LogP contribution in [0.1, 0.15) is 33.3 Å². The van der Waals surface area contributed by atoms with E-state index in [2.05, 4.69) is 15.7 Å². The molecule has 30 heavy (non-hydrogen) atoms. The molecule has 2 amide bonds. The third-order valence-corrected chi connectivity index (χ3v) is 6.04. The molecule has 150 valence electrons. The largest absolute Gasteiger partial charge is 0.451 e. The molecule has 0 spiro atoms. The molecule has 0 radical (unpaired) electrons. The van der Waals surface area contributed by atoms with Crippen molar-refractivity contribution in [2.75, 3.05) is 10.6 Å². The number of anilines is 2. The number of carbonyl (C=O) groups excluding carboxylic acids is 2. The first-order valence-corrected chi connectivity index (χ1v) is 10.1. The van der Waals surface area contributed by atoms with E-state index in [9.17, 15) is 14.4 Å². The van der Waals surface area contributed by atoms with E-state index in [0.717, 1.165) is 10.4 Å². The molecule has 0 aliphatic carbocycles. The number of nitrogens with one attached hydrogen (secondary N) is 2. The average molecular weight is 420 g/mol. The molecule has 4 aromatic rings. The zero-order valence-corrected chi connectivity index (χ0v) is 16.7. The Balaban J connectivity index is 1.55. The minimum absolute atomic E-state index is 0.106. The van der Waals surface area contributed by atoms with Gasteiger partial charge in [0.25, 0.3) is 5.91 Å². The first kappa shape index (κ1) is 18.3. The van der Waals surface area contributed by atoms with Crippen molar-refractivity contribution in [2.45, 2.75) is 12.3 Å². The fourth-order valence-electron chi connectivity index (χ4n) is 3.70. The van der Waals surface area contributed by atoms with Crippen LogP contribution in [0, 0.1) is 0 Å². The molecular formula is C21H16N4O4S. The topological polar surface area (TPSA) is 106 Å². The van der Waals surface area contributed by atoms with Crippen LogP contribution in [0.15, 0.2) is 57.1 Å². The Labute approximate surface area is 174 Å². The van der Waals surface area contributed by atoms with Gasteiger partial charge in [0.15, 0.2) is 17.0 Å². The van der Waals surface area contributed by atoms with Crippen LogP contribution < -0.4 is 16.1 Å². The molecule has 1 aliphatic heterocycles. The summed E-state index contributed by atoms with van der Waals surface area (Å²) in [5.41, 5.74) is 0.770. The number of amides is 2. The molecular weight excluding hydrogens is 404 g/mol. The van der Waals surface area contributed by atoms with E-state index in [0.29, 0.717) is 22.6 Å². The number of thiophene rings is 1. The highest BCUT2D eigenvalue weighted by Gasteiger charge is 2.34. The maximum Gasteiger partial charge on any atom is 0.292 e. The Kier molecular flexibility index (Phi) is 4.25. The van der Waals surface area contributed by atoms with Crippen LogP contribution in [0.3, 0.4) is 0 Å². The Hall–Kier alpha value is -3.72. The van der Waals surface area contributed by atoms with Crippen LogP contribution in [0.25, 0.3) is 11.0 Å². The summed E-state index contributed by atoms with van der Waals surface area (Å²) in [6, 6.07) is 11.8. The smallest absolute Gasteiger partial charge is 0.292 e. The summed E-state index contributed by atoms with van der Waals surface area (Å²) in [7, 11) is 1.70. The number of aromatic nitrogens is 2. The Morgan fingerprint density at radius 2 is 2.10 bits per heavy atom. The molecule has 0 unspecified atom stereocenters. The summed E-state index contributed by atoms with van der Waals surface area (Å²) >= 11 is 1.54. The van der Waals surface area contributed by atoms with E-state index in [-0.39, 0.29) is 29.4 Å². The number of aryl methyl sites for hydroxylation is 1. The molecule has 0 fully saturated rings. The normalized spacial score (nSPS) is 15.6. The number of nitrogens with zero attached hydrogens (tertiary/aromatic N) is 2. The lowest BCUT2D eigenvalue weighted by Gasteiger charge is -2.22. The van der Waals surface area contributed by atoms with E-state index in [1.807, 2.05) is 17.5 Å². The summed E-state index contributed by atoms with van der Waals surface area (Å²) in [6.07, 6.45) is 0.257. The number of rotatable bonds is 3. The Bertz CT molecular complexity index is 1350. The van der Waals surface area contributed by atoms with E-state index in [4.69, 9.17) is 4.42 Å². The van der Waals surface area contributed by atoms with Gasteiger partial charge in [0.2, 0.25) is 5.91 Å². The minimum Gasteiger partial charge on any atom is -0.451 e. The zero-order chi connectivity index (χ0) is 20.8. The second kappa shape index (κ2) is 6.96. The molecule has 5 rings (SSSR count). The van der Waals surface area contributed by atoms with Crippen molar-refractivity contribution in [3.05, 3.63) is 74.3 Å². The summed E-state index contributed by atoms with van der Waals surface area (Å²) in [4.78, 5) is 38.4. The summed E-state index contributed by atoms with van der Waals surface area (Å²) < 4.78 is 7.16. The fraction of sp³-hybridized carbons (Fsp3) is 0.143. The van der Waals surface area contributed by atoms with Crippen LogP contribution >= 0.6 is 11.3 Å². The minimum atomic E-state index is -0.583. The summed E-state index contributed by atoms with van der Waals surface area (Å²) in [5, 5.41) is 12.3. The van der Waals surface area contributed by atoms with E-state index < -0.39 is 5.91 Å². The number of benzene rings is 1. The molecule has 0 saturated heterocycles. The van der Waals surface area contributed by atoms with E-state index >= 15 is 0 Å². The van der Waals surface area contributed by atoms with Crippen LogP contribution in [-0.2, 0) is 11.8 Å². The lowest BCUT2D eigenvalue weighted by molar-refractivity contribution is -0.116. The van der Waals surface area contributed by atoms with Crippen LogP contribution in [0.5, 0.6) is 0 Å². The number of carbonyl (C=O) groups is 2. The molecule has 4 heterocycles. The lowest BCUT2D eigenvalue weighted by atomic mass is 9.92. The van der Waals surface area contributed by atoms with Gasteiger partial charge < -0.3 is 15.1 Å². The SMILES string of the molecule is Cn1nc(NC(=O)c2cc(=O)c3ccccc3o2)c2c1NC(=O)C[C@@H]2c1cccs1. The second-order valence-electron chi connectivity index (χ2n) is 6.98. The van der Waals surface area contributed by atoms with E-state index in [1.54, 1.807) is 42.6 Å². The molecule has 1 atom stereocenters. The summed E-state index contributed by atoms with van der Waals surface area (Å²) in [6.45, 7) is 0. The van der Waals surface area contributed by atoms with E-state index in [1.165, 1.54) is 10.7 Å². The van der Waals surface area contributed by atoms with Gasteiger partial charge in [-0.2, -0.15) is 5.10 Å². The highest BCUT2D eigenvalue weighted by atomic mass is 32.1. The van der Waals surface area contributed by atoms with Crippen molar-refractivity contribution in [1.29, 1.82) is 0 Å². The van der Waals surface area contributed by atoms with Crippen molar-refractivity contribution in [2.24, 2.45) is 7.05 Å². The van der Waals surface area contributed by atoms with Crippen molar-refractivity contribution in [3.8, 4) is 0 Å². The molecule has 2 N–H and O–H groups in total. The number of fused-ring (bicyclic) bond motifs is 2. The van der Waals surface area contributed by atoms with Gasteiger partial charge in [0.1, 0.15) is 11.4 Å². The second-order valence-corrected chi connectivity index (χ2v) is 7.96. The molecule has 0 bridgehead atoms. The van der Waals surface area contributed by atoms with Gasteiger partial charge in [-0.05, 0) is 23.6 Å². The van der Waals surface area contributed by atoms with Gasteiger partial charge in [-0.25, -0.2) is 0 Å².